The molecule has 0 saturated carbocycles. The molecule has 1 aromatic heterocycles. The molecule has 2 aromatic rings. The van der Waals surface area contributed by atoms with Crippen LogP contribution in [0.1, 0.15) is 23.7 Å². The van der Waals surface area contributed by atoms with Crippen molar-refractivity contribution in [3.05, 3.63) is 47.2 Å². The largest absolute Gasteiger partial charge is 0.370 e. The molecule has 2 heterocycles. The minimum absolute atomic E-state index is 0.0370. The van der Waals surface area contributed by atoms with Gasteiger partial charge >= 0.3 is 0 Å². The molecule has 0 saturated heterocycles. The summed E-state index contributed by atoms with van der Waals surface area (Å²) in [5.74, 6) is -0.700. The van der Waals surface area contributed by atoms with Crippen LogP contribution in [0, 0.1) is 18.6 Å². The van der Waals surface area contributed by atoms with E-state index in [1.165, 1.54) is 12.1 Å². The molecule has 18 heavy (non-hydrogen) atoms. The molecule has 0 amide bonds. The summed E-state index contributed by atoms with van der Waals surface area (Å²) in [5.41, 5.74) is 1.66. The van der Waals surface area contributed by atoms with Gasteiger partial charge in [0.1, 0.15) is 5.82 Å². The Labute approximate surface area is 103 Å². The average molecular weight is 249 g/mol. The van der Waals surface area contributed by atoms with Crippen molar-refractivity contribution < 1.29 is 8.78 Å². The summed E-state index contributed by atoms with van der Waals surface area (Å²) in [4.78, 5) is 0. The molecular weight excluding hydrogens is 236 g/mol. The van der Waals surface area contributed by atoms with Crippen molar-refractivity contribution in [2.45, 2.75) is 19.4 Å². The molecule has 0 spiro atoms. The van der Waals surface area contributed by atoms with E-state index in [4.69, 9.17) is 0 Å². The number of aromatic nitrogens is 2. The fraction of sp³-hybridized carbons (Fsp3) is 0.308. The van der Waals surface area contributed by atoms with Crippen LogP contribution in [-0.4, -0.2) is 16.3 Å². The second-order valence-electron chi connectivity index (χ2n) is 4.52. The number of nitrogens with zero attached hydrogens (tertiary/aromatic N) is 2. The van der Waals surface area contributed by atoms with Gasteiger partial charge in [0.25, 0.3) is 0 Å². The van der Waals surface area contributed by atoms with E-state index in [1.807, 2.05) is 17.7 Å². The lowest BCUT2D eigenvalue weighted by Gasteiger charge is -2.26. The van der Waals surface area contributed by atoms with Gasteiger partial charge in [-0.3, -0.25) is 0 Å². The predicted octanol–water partition coefficient (Wildman–Crippen LogP) is 2.87. The lowest BCUT2D eigenvalue weighted by Crippen LogP contribution is -2.24. The van der Waals surface area contributed by atoms with Crippen molar-refractivity contribution in [2.24, 2.45) is 0 Å². The molecule has 94 valence electrons. The first-order chi connectivity index (χ1) is 8.65. The van der Waals surface area contributed by atoms with E-state index in [1.54, 1.807) is 6.07 Å². The Hall–Kier alpha value is -1.91. The van der Waals surface area contributed by atoms with Crippen LogP contribution in [0.15, 0.2) is 24.3 Å². The van der Waals surface area contributed by atoms with Crippen LogP contribution in [-0.2, 0) is 0 Å². The summed E-state index contributed by atoms with van der Waals surface area (Å²) in [5, 5.41) is 7.64. The zero-order valence-electron chi connectivity index (χ0n) is 9.95. The van der Waals surface area contributed by atoms with Gasteiger partial charge in [-0.1, -0.05) is 6.07 Å². The maximum atomic E-state index is 13.3. The fourth-order valence-corrected chi connectivity index (χ4v) is 2.37. The summed E-state index contributed by atoms with van der Waals surface area (Å²) in [6.45, 7) is 2.71. The monoisotopic (exact) mass is 249 g/mol. The van der Waals surface area contributed by atoms with E-state index in [2.05, 4.69) is 10.4 Å². The number of hydrogen-bond acceptors (Lipinski definition) is 2. The Kier molecular flexibility index (Phi) is 2.54. The minimum atomic E-state index is -0.815. The Bertz CT molecular complexity index is 592. The van der Waals surface area contributed by atoms with Crippen LogP contribution < -0.4 is 5.32 Å². The number of fused-ring (bicyclic) bond motifs is 1. The highest BCUT2D eigenvalue weighted by atomic mass is 19.2. The number of aryl methyl sites for hydroxylation is 1. The number of benzene rings is 1. The Morgan fingerprint density at radius 3 is 2.89 bits per heavy atom. The molecule has 0 aliphatic carbocycles. The van der Waals surface area contributed by atoms with Crippen molar-refractivity contribution in [3.8, 4) is 0 Å². The summed E-state index contributed by atoms with van der Waals surface area (Å²) < 4.78 is 28.1. The average Bonchev–Trinajstić information content (AvgIpc) is 2.72. The predicted molar refractivity (Wildman–Crippen MR) is 64.6 cm³/mol. The van der Waals surface area contributed by atoms with Crippen LogP contribution in [0.4, 0.5) is 14.6 Å². The van der Waals surface area contributed by atoms with E-state index in [-0.39, 0.29) is 6.04 Å². The molecular formula is C13H13F2N3. The molecule has 1 aliphatic rings. The number of nitrogens with one attached hydrogen (secondary N) is 1. The van der Waals surface area contributed by atoms with Crippen molar-refractivity contribution in [2.75, 3.05) is 11.9 Å². The van der Waals surface area contributed by atoms with E-state index in [0.29, 0.717) is 0 Å². The third-order valence-electron chi connectivity index (χ3n) is 3.21. The van der Waals surface area contributed by atoms with Crippen molar-refractivity contribution >= 4 is 5.82 Å². The van der Waals surface area contributed by atoms with E-state index < -0.39 is 11.6 Å². The molecule has 3 nitrogen and oxygen atoms in total. The zero-order chi connectivity index (χ0) is 12.7. The highest BCUT2D eigenvalue weighted by molar-refractivity contribution is 5.41. The van der Waals surface area contributed by atoms with E-state index in [9.17, 15) is 8.78 Å². The molecule has 5 heteroatoms. The quantitative estimate of drug-likeness (QED) is 0.842. The normalized spacial score (nSPS) is 18.3. The second-order valence-corrected chi connectivity index (χ2v) is 4.52. The van der Waals surface area contributed by atoms with Crippen molar-refractivity contribution in [1.82, 2.24) is 9.78 Å². The number of anilines is 1. The van der Waals surface area contributed by atoms with Gasteiger partial charge in [-0.15, -0.1) is 0 Å². The number of halogens is 2. The van der Waals surface area contributed by atoms with Gasteiger partial charge < -0.3 is 5.32 Å². The van der Waals surface area contributed by atoms with Crippen LogP contribution in [0.5, 0.6) is 0 Å². The van der Waals surface area contributed by atoms with Crippen LogP contribution in [0.2, 0.25) is 0 Å². The lowest BCUT2D eigenvalue weighted by molar-refractivity contribution is 0.467. The first kappa shape index (κ1) is 11.2. The van der Waals surface area contributed by atoms with Gasteiger partial charge in [-0.05, 0) is 31.0 Å². The number of rotatable bonds is 1. The molecule has 3 rings (SSSR count). The summed E-state index contributed by atoms with van der Waals surface area (Å²) in [6.07, 6.45) is 0.805. The zero-order valence-corrected chi connectivity index (χ0v) is 9.95. The molecule has 1 aliphatic heterocycles. The van der Waals surface area contributed by atoms with Crippen molar-refractivity contribution in [1.29, 1.82) is 0 Å². The minimum Gasteiger partial charge on any atom is -0.370 e. The first-order valence-electron chi connectivity index (χ1n) is 5.90. The Morgan fingerprint density at radius 2 is 2.11 bits per heavy atom. The van der Waals surface area contributed by atoms with Gasteiger partial charge in [-0.25, -0.2) is 13.5 Å². The first-order valence-corrected chi connectivity index (χ1v) is 5.90. The molecule has 1 atom stereocenters. The molecule has 1 N–H and O–H groups in total. The third kappa shape index (κ3) is 1.75. The standard InChI is InChI=1S/C13H13F2N3/c1-8-6-13-16-5-4-12(18(13)17-8)9-2-3-10(14)11(15)7-9/h2-3,6-7,12,16H,4-5H2,1H3. The summed E-state index contributed by atoms with van der Waals surface area (Å²) >= 11 is 0. The lowest BCUT2D eigenvalue weighted by atomic mass is 10.0. The maximum absolute atomic E-state index is 13.3. The second kappa shape index (κ2) is 4.08. The van der Waals surface area contributed by atoms with Crippen molar-refractivity contribution in [3.63, 3.8) is 0 Å². The van der Waals surface area contributed by atoms with Crippen LogP contribution >= 0.6 is 0 Å². The third-order valence-corrected chi connectivity index (χ3v) is 3.21. The molecule has 1 unspecified atom stereocenters. The highest BCUT2D eigenvalue weighted by Crippen LogP contribution is 2.30. The molecule has 0 radical (unpaired) electrons. The summed E-state index contributed by atoms with van der Waals surface area (Å²) in [7, 11) is 0. The molecule has 0 fully saturated rings. The summed E-state index contributed by atoms with van der Waals surface area (Å²) in [6, 6.07) is 5.96. The smallest absolute Gasteiger partial charge is 0.159 e. The van der Waals surface area contributed by atoms with Gasteiger partial charge in [0.2, 0.25) is 0 Å². The van der Waals surface area contributed by atoms with Gasteiger partial charge in [0, 0.05) is 12.6 Å². The number of hydrogen-bond donors (Lipinski definition) is 1. The van der Waals surface area contributed by atoms with Gasteiger partial charge in [-0.2, -0.15) is 5.10 Å². The fourth-order valence-electron chi connectivity index (χ4n) is 2.37. The van der Waals surface area contributed by atoms with E-state index in [0.717, 1.165) is 30.0 Å². The maximum Gasteiger partial charge on any atom is 0.159 e. The van der Waals surface area contributed by atoms with Gasteiger partial charge in [0.05, 0.1) is 11.7 Å². The molecule has 0 bridgehead atoms. The van der Waals surface area contributed by atoms with Crippen LogP contribution in [0.25, 0.3) is 0 Å². The molecule has 1 aromatic carbocycles. The SMILES string of the molecule is Cc1cc2n(n1)C(c1ccc(F)c(F)c1)CCN2. The van der Waals surface area contributed by atoms with Gasteiger partial charge in [0.15, 0.2) is 11.6 Å². The van der Waals surface area contributed by atoms with E-state index >= 15 is 0 Å². The topological polar surface area (TPSA) is 29.9 Å². The Morgan fingerprint density at radius 1 is 1.28 bits per heavy atom. The highest BCUT2D eigenvalue weighted by Gasteiger charge is 2.23. The van der Waals surface area contributed by atoms with Crippen LogP contribution in [0.3, 0.4) is 0 Å². The Balaban J connectivity index is 2.05.